The largest absolute Gasteiger partial charge is 0.497 e. The number of nitrogens with zero attached hydrogens (tertiary/aromatic N) is 1. The van der Waals surface area contributed by atoms with E-state index in [1.54, 1.807) is 50.6 Å². The molecule has 0 aliphatic carbocycles. The van der Waals surface area contributed by atoms with Crippen molar-refractivity contribution in [2.45, 2.75) is 0 Å². The molecule has 1 amide bonds. The summed E-state index contributed by atoms with van der Waals surface area (Å²) in [4.78, 5) is 17.1. The summed E-state index contributed by atoms with van der Waals surface area (Å²) < 4.78 is 10.5. The SMILES string of the molecule is COc1ccc(/C=C2/SC(=Nc3ccc(Cl)c(Cl)c3)NC2=O)c(OC)c1. The van der Waals surface area contributed by atoms with Crippen molar-refractivity contribution in [3.05, 3.63) is 56.9 Å². The minimum Gasteiger partial charge on any atom is -0.497 e. The predicted molar refractivity (Wildman–Crippen MR) is 107 cm³/mol. The molecule has 8 heteroatoms. The van der Waals surface area contributed by atoms with E-state index in [1.165, 1.54) is 11.8 Å². The molecule has 0 radical (unpaired) electrons. The molecule has 1 saturated heterocycles. The number of nitrogens with one attached hydrogen (secondary N) is 1. The van der Waals surface area contributed by atoms with Gasteiger partial charge in [0, 0.05) is 11.6 Å². The van der Waals surface area contributed by atoms with E-state index in [1.807, 2.05) is 6.07 Å². The minimum absolute atomic E-state index is 0.230. The Morgan fingerprint density at radius 1 is 1.08 bits per heavy atom. The Morgan fingerprint density at radius 3 is 2.58 bits per heavy atom. The first-order valence-corrected chi connectivity index (χ1v) is 9.04. The van der Waals surface area contributed by atoms with Gasteiger partial charge in [-0.15, -0.1) is 0 Å². The van der Waals surface area contributed by atoms with Gasteiger partial charge in [0.1, 0.15) is 11.5 Å². The van der Waals surface area contributed by atoms with Gasteiger partial charge in [0.05, 0.1) is 34.9 Å². The topological polar surface area (TPSA) is 59.9 Å². The Balaban J connectivity index is 1.86. The second-order valence-electron chi connectivity index (χ2n) is 5.19. The summed E-state index contributed by atoms with van der Waals surface area (Å²) in [6.45, 7) is 0. The maximum absolute atomic E-state index is 12.2. The second-order valence-corrected chi connectivity index (χ2v) is 7.03. The lowest BCUT2D eigenvalue weighted by Crippen LogP contribution is -2.19. The van der Waals surface area contributed by atoms with Crippen LogP contribution in [0.1, 0.15) is 5.56 Å². The Labute approximate surface area is 165 Å². The number of hydrogen-bond donors (Lipinski definition) is 1. The van der Waals surface area contributed by atoms with Gasteiger partial charge in [-0.1, -0.05) is 23.2 Å². The monoisotopic (exact) mass is 408 g/mol. The highest BCUT2D eigenvalue weighted by Gasteiger charge is 2.24. The van der Waals surface area contributed by atoms with Crippen molar-refractivity contribution >= 4 is 57.8 Å². The third-order valence-electron chi connectivity index (χ3n) is 3.51. The summed E-state index contributed by atoms with van der Waals surface area (Å²) >= 11 is 13.1. The predicted octanol–water partition coefficient (Wildman–Crippen LogP) is 4.90. The first-order valence-electron chi connectivity index (χ1n) is 7.47. The van der Waals surface area contributed by atoms with E-state index in [0.29, 0.717) is 37.3 Å². The average Bonchev–Trinajstić information content (AvgIpc) is 2.97. The molecule has 26 heavy (non-hydrogen) atoms. The molecule has 0 aromatic heterocycles. The number of methoxy groups -OCH3 is 2. The lowest BCUT2D eigenvalue weighted by Gasteiger charge is -2.07. The van der Waals surface area contributed by atoms with E-state index in [2.05, 4.69) is 10.3 Å². The summed E-state index contributed by atoms with van der Waals surface area (Å²) in [6.07, 6.45) is 1.75. The number of thioether (sulfide) groups is 1. The number of benzene rings is 2. The molecule has 0 spiro atoms. The maximum Gasteiger partial charge on any atom is 0.264 e. The highest BCUT2D eigenvalue weighted by Crippen LogP contribution is 2.33. The van der Waals surface area contributed by atoms with Gasteiger partial charge in [0.15, 0.2) is 5.17 Å². The van der Waals surface area contributed by atoms with Crippen LogP contribution in [0.4, 0.5) is 5.69 Å². The number of halogens is 2. The van der Waals surface area contributed by atoms with E-state index < -0.39 is 0 Å². The molecule has 2 aromatic carbocycles. The van der Waals surface area contributed by atoms with E-state index in [9.17, 15) is 4.79 Å². The van der Waals surface area contributed by atoms with Crippen LogP contribution < -0.4 is 14.8 Å². The summed E-state index contributed by atoms with van der Waals surface area (Å²) in [7, 11) is 3.15. The van der Waals surface area contributed by atoms with Crippen LogP contribution in [0.15, 0.2) is 46.3 Å². The van der Waals surface area contributed by atoms with Gasteiger partial charge in [0.25, 0.3) is 5.91 Å². The third-order valence-corrected chi connectivity index (χ3v) is 5.16. The van der Waals surface area contributed by atoms with Crippen LogP contribution in [0.5, 0.6) is 11.5 Å². The minimum atomic E-state index is -0.230. The first-order chi connectivity index (χ1) is 12.5. The number of ether oxygens (including phenoxy) is 2. The fourth-order valence-corrected chi connectivity index (χ4v) is 3.36. The van der Waals surface area contributed by atoms with Crippen molar-refractivity contribution in [2.75, 3.05) is 14.2 Å². The molecule has 2 aromatic rings. The van der Waals surface area contributed by atoms with Gasteiger partial charge in [-0.05, 0) is 48.2 Å². The van der Waals surface area contributed by atoms with E-state index in [-0.39, 0.29) is 5.91 Å². The Kier molecular flexibility index (Phi) is 5.76. The fraction of sp³-hybridized carbons (Fsp3) is 0.111. The molecule has 1 N–H and O–H groups in total. The fourth-order valence-electron chi connectivity index (χ4n) is 2.23. The van der Waals surface area contributed by atoms with Crippen molar-refractivity contribution in [3.8, 4) is 11.5 Å². The molecule has 1 aliphatic rings. The van der Waals surface area contributed by atoms with Crippen LogP contribution in [0.2, 0.25) is 10.0 Å². The van der Waals surface area contributed by atoms with Crippen molar-refractivity contribution < 1.29 is 14.3 Å². The van der Waals surface area contributed by atoms with Gasteiger partial charge in [-0.2, -0.15) is 0 Å². The summed E-state index contributed by atoms with van der Waals surface area (Å²) in [6, 6.07) is 10.4. The number of carbonyl (C=O) groups excluding carboxylic acids is 1. The Hall–Kier alpha value is -2.15. The molecule has 3 rings (SSSR count). The number of amidine groups is 1. The number of amides is 1. The molecule has 0 saturated carbocycles. The molecule has 0 atom stereocenters. The number of rotatable bonds is 4. The zero-order valence-electron chi connectivity index (χ0n) is 13.9. The molecular weight excluding hydrogens is 395 g/mol. The second kappa shape index (κ2) is 8.03. The van der Waals surface area contributed by atoms with E-state index in [0.717, 1.165) is 5.56 Å². The van der Waals surface area contributed by atoms with Crippen molar-refractivity contribution in [2.24, 2.45) is 4.99 Å². The van der Waals surface area contributed by atoms with Crippen LogP contribution in [0.25, 0.3) is 6.08 Å². The van der Waals surface area contributed by atoms with Crippen molar-refractivity contribution in [1.29, 1.82) is 0 Å². The van der Waals surface area contributed by atoms with Crippen LogP contribution in [0, 0.1) is 0 Å². The molecule has 1 fully saturated rings. The van der Waals surface area contributed by atoms with Crippen molar-refractivity contribution in [1.82, 2.24) is 5.32 Å². The molecule has 1 aliphatic heterocycles. The van der Waals surface area contributed by atoms with Gasteiger partial charge in [-0.25, -0.2) is 4.99 Å². The van der Waals surface area contributed by atoms with E-state index in [4.69, 9.17) is 32.7 Å². The van der Waals surface area contributed by atoms with Crippen LogP contribution in [-0.4, -0.2) is 25.3 Å². The Morgan fingerprint density at radius 2 is 1.88 bits per heavy atom. The zero-order chi connectivity index (χ0) is 18.7. The molecule has 1 heterocycles. The Bertz CT molecular complexity index is 929. The first kappa shape index (κ1) is 18.6. The lowest BCUT2D eigenvalue weighted by molar-refractivity contribution is -0.115. The maximum atomic E-state index is 12.2. The highest BCUT2D eigenvalue weighted by atomic mass is 35.5. The number of carbonyl (C=O) groups is 1. The highest BCUT2D eigenvalue weighted by molar-refractivity contribution is 8.18. The van der Waals surface area contributed by atoms with Gasteiger partial charge < -0.3 is 14.8 Å². The molecule has 5 nitrogen and oxygen atoms in total. The molecule has 0 unspecified atom stereocenters. The third kappa shape index (κ3) is 4.15. The van der Waals surface area contributed by atoms with Crippen LogP contribution in [-0.2, 0) is 4.79 Å². The molecule has 134 valence electrons. The average molecular weight is 409 g/mol. The normalized spacial score (nSPS) is 16.8. The van der Waals surface area contributed by atoms with E-state index >= 15 is 0 Å². The van der Waals surface area contributed by atoms with Gasteiger partial charge in [-0.3, -0.25) is 4.79 Å². The smallest absolute Gasteiger partial charge is 0.264 e. The zero-order valence-corrected chi connectivity index (χ0v) is 16.2. The summed E-state index contributed by atoms with van der Waals surface area (Å²) in [5, 5.41) is 4.05. The molecule has 0 bridgehead atoms. The van der Waals surface area contributed by atoms with Gasteiger partial charge in [0.2, 0.25) is 0 Å². The summed E-state index contributed by atoms with van der Waals surface area (Å²) in [5.41, 5.74) is 1.37. The van der Waals surface area contributed by atoms with Crippen LogP contribution >= 0.6 is 35.0 Å². The standard InChI is InChI=1S/C18H14Cl2N2O3S/c1-24-12-5-3-10(15(9-12)25-2)7-16-17(23)22-18(26-16)21-11-4-6-13(19)14(20)8-11/h3-9H,1-2H3,(H,21,22,23)/b16-7+. The lowest BCUT2D eigenvalue weighted by atomic mass is 10.1. The summed E-state index contributed by atoms with van der Waals surface area (Å²) in [5.74, 6) is 1.06. The number of aliphatic imine (C=N–C) groups is 1. The van der Waals surface area contributed by atoms with Gasteiger partial charge >= 0.3 is 0 Å². The van der Waals surface area contributed by atoms with Crippen molar-refractivity contribution in [3.63, 3.8) is 0 Å². The molecular formula is C18H14Cl2N2O3S. The van der Waals surface area contributed by atoms with Crippen LogP contribution in [0.3, 0.4) is 0 Å². The quantitative estimate of drug-likeness (QED) is 0.730. The number of hydrogen-bond acceptors (Lipinski definition) is 5.